The SMILES string of the molecule is O=C1Nc2ccccc2C1C(=Nc1ccc2[nH]ccc2c1)c1ccccc1. The molecular weight excluding hydrogens is 334 g/mol. The number of nitrogens with one attached hydrogen (secondary N) is 2. The summed E-state index contributed by atoms with van der Waals surface area (Å²) >= 11 is 0. The lowest BCUT2D eigenvalue weighted by Gasteiger charge is -2.14. The summed E-state index contributed by atoms with van der Waals surface area (Å²) in [6.07, 6.45) is 1.91. The molecule has 5 rings (SSSR count). The van der Waals surface area contributed by atoms with Crippen LogP contribution in [0.4, 0.5) is 11.4 Å². The Morgan fingerprint density at radius 3 is 2.59 bits per heavy atom. The van der Waals surface area contributed by atoms with E-state index in [1.54, 1.807) is 0 Å². The van der Waals surface area contributed by atoms with Gasteiger partial charge in [-0.25, -0.2) is 0 Å². The summed E-state index contributed by atoms with van der Waals surface area (Å²) in [5.74, 6) is -0.466. The number of aliphatic imine (C=N–C) groups is 1. The average molecular weight is 351 g/mol. The number of aromatic amines is 1. The van der Waals surface area contributed by atoms with Crippen LogP contribution in [0, 0.1) is 0 Å². The van der Waals surface area contributed by atoms with Gasteiger partial charge in [0.25, 0.3) is 0 Å². The molecule has 130 valence electrons. The Hall–Kier alpha value is -3.66. The molecule has 4 nitrogen and oxygen atoms in total. The van der Waals surface area contributed by atoms with Crippen LogP contribution in [0.25, 0.3) is 10.9 Å². The fourth-order valence-corrected chi connectivity index (χ4v) is 3.63. The van der Waals surface area contributed by atoms with Gasteiger partial charge in [-0.05, 0) is 41.5 Å². The van der Waals surface area contributed by atoms with Crippen molar-refractivity contribution in [2.24, 2.45) is 4.99 Å². The number of fused-ring (bicyclic) bond motifs is 2. The monoisotopic (exact) mass is 351 g/mol. The number of rotatable bonds is 3. The first kappa shape index (κ1) is 15.6. The quantitative estimate of drug-likeness (QED) is 0.500. The number of para-hydroxylation sites is 1. The van der Waals surface area contributed by atoms with Gasteiger partial charge < -0.3 is 10.3 Å². The average Bonchev–Trinajstić information content (AvgIpc) is 3.30. The van der Waals surface area contributed by atoms with Crippen molar-refractivity contribution >= 4 is 33.9 Å². The first-order chi connectivity index (χ1) is 13.3. The van der Waals surface area contributed by atoms with Gasteiger partial charge in [-0.3, -0.25) is 9.79 Å². The molecular formula is C23H17N3O. The lowest BCUT2D eigenvalue weighted by molar-refractivity contribution is -0.115. The maximum absolute atomic E-state index is 12.8. The van der Waals surface area contributed by atoms with E-state index in [-0.39, 0.29) is 5.91 Å². The van der Waals surface area contributed by atoms with Gasteiger partial charge in [-0.1, -0.05) is 48.5 Å². The number of nitrogens with zero attached hydrogens (tertiary/aromatic N) is 1. The smallest absolute Gasteiger partial charge is 0.238 e. The molecule has 0 radical (unpaired) electrons. The van der Waals surface area contributed by atoms with Gasteiger partial charge in [0.05, 0.1) is 11.4 Å². The lowest BCUT2D eigenvalue weighted by atomic mass is 9.90. The number of H-pyrrole nitrogens is 1. The predicted octanol–water partition coefficient (Wildman–Crippen LogP) is 5.02. The third-order valence-corrected chi connectivity index (χ3v) is 4.92. The zero-order valence-electron chi connectivity index (χ0n) is 14.5. The highest BCUT2D eigenvalue weighted by atomic mass is 16.2. The molecule has 27 heavy (non-hydrogen) atoms. The van der Waals surface area contributed by atoms with Crippen LogP contribution >= 0.6 is 0 Å². The highest BCUT2D eigenvalue weighted by Gasteiger charge is 2.35. The van der Waals surface area contributed by atoms with Crippen LogP contribution in [-0.2, 0) is 4.79 Å². The molecule has 0 bridgehead atoms. The normalized spacial score (nSPS) is 16.4. The molecule has 0 saturated carbocycles. The molecule has 1 aliphatic heterocycles. The second kappa shape index (κ2) is 6.25. The Labute approximate surface area is 156 Å². The van der Waals surface area contributed by atoms with E-state index in [1.807, 2.05) is 85.1 Å². The lowest BCUT2D eigenvalue weighted by Crippen LogP contribution is -2.21. The molecule has 0 spiro atoms. The molecule has 2 heterocycles. The van der Waals surface area contributed by atoms with Crippen LogP contribution in [0.3, 0.4) is 0 Å². The van der Waals surface area contributed by atoms with E-state index < -0.39 is 5.92 Å². The van der Waals surface area contributed by atoms with E-state index in [2.05, 4.69) is 10.3 Å². The van der Waals surface area contributed by atoms with E-state index >= 15 is 0 Å². The number of amides is 1. The second-order valence-corrected chi connectivity index (χ2v) is 6.62. The number of carbonyl (C=O) groups excluding carboxylic acids is 1. The number of carbonyl (C=O) groups is 1. The molecule has 1 amide bonds. The molecule has 1 unspecified atom stereocenters. The third-order valence-electron chi connectivity index (χ3n) is 4.92. The van der Waals surface area contributed by atoms with Crippen LogP contribution in [0.2, 0.25) is 0 Å². The Kier molecular flexibility index (Phi) is 3.61. The van der Waals surface area contributed by atoms with Gasteiger partial charge in [-0.2, -0.15) is 0 Å². The van der Waals surface area contributed by atoms with Gasteiger partial charge in [-0.15, -0.1) is 0 Å². The van der Waals surface area contributed by atoms with E-state index in [1.165, 1.54) is 0 Å². The summed E-state index contributed by atoms with van der Waals surface area (Å²) in [4.78, 5) is 20.9. The number of hydrogen-bond donors (Lipinski definition) is 2. The number of anilines is 1. The molecule has 2 N–H and O–H groups in total. The van der Waals surface area contributed by atoms with Gasteiger partial charge in [0.2, 0.25) is 5.91 Å². The summed E-state index contributed by atoms with van der Waals surface area (Å²) in [6, 6.07) is 25.8. The molecule has 4 heteroatoms. The van der Waals surface area contributed by atoms with E-state index in [9.17, 15) is 4.79 Å². The van der Waals surface area contributed by atoms with Gasteiger partial charge in [0.15, 0.2) is 0 Å². The van der Waals surface area contributed by atoms with E-state index in [0.717, 1.165) is 39.1 Å². The minimum Gasteiger partial charge on any atom is -0.361 e. The Bertz CT molecular complexity index is 1170. The fraction of sp³-hybridized carbons (Fsp3) is 0.0435. The van der Waals surface area contributed by atoms with Crippen molar-refractivity contribution < 1.29 is 4.79 Å². The number of hydrogen-bond acceptors (Lipinski definition) is 2. The Morgan fingerprint density at radius 2 is 1.70 bits per heavy atom. The first-order valence-corrected chi connectivity index (χ1v) is 8.90. The van der Waals surface area contributed by atoms with E-state index in [4.69, 9.17) is 4.99 Å². The highest BCUT2D eigenvalue weighted by molar-refractivity contribution is 6.24. The van der Waals surface area contributed by atoms with Gasteiger partial charge in [0, 0.05) is 22.8 Å². The highest BCUT2D eigenvalue weighted by Crippen LogP contribution is 2.36. The minimum atomic E-state index is -0.425. The van der Waals surface area contributed by atoms with Crippen LogP contribution in [0.5, 0.6) is 0 Å². The Morgan fingerprint density at radius 1 is 0.889 bits per heavy atom. The molecule has 1 aliphatic rings. The summed E-state index contributed by atoms with van der Waals surface area (Å²) in [5.41, 5.74) is 5.43. The minimum absolute atomic E-state index is 0.0403. The van der Waals surface area contributed by atoms with E-state index in [0.29, 0.717) is 0 Å². The van der Waals surface area contributed by atoms with Gasteiger partial charge in [0.1, 0.15) is 5.92 Å². The van der Waals surface area contributed by atoms with Crippen LogP contribution in [0.1, 0.15) is 17.0 Å². The van der Waals surface area contributed by atoms with Gasteiger partial charge >= 0.3 is 0 Å². The molecule has 0 fully saturated rings. The zero-order valence-corrected chi connectivity index (χ0v) is 14.5. The van der Waals surface area contributed by atoms with Crippen molar-refractivity contribution in [3.05, 3.63) is 96.2 Å². The third kappa shape index (κ3) is 2.72. The maximum Gasteiger partial charge on any atom is 0.238 e. The molecule has 3 aromatic carbocycles. The van der Waals surface area contributed by atoms with Crippen molar-refractivity contribution in [1.82, 2.24) is 4.98 Å². The fourth-order valence-electron chi connectivity index (χ4n) is 3.63. The first-order valence-electron chi connectivity index (χ1n) is 8.90. The zero-order chi connectivity index (χ0) is 18.2. The second-order valence-electron chi connectivity index (χ2n) is 6.62. The van der Waals surface area contributed by atoms with Crippen LogP contribution in [-0.4, -0.2) is 16.6 Å². The molecule has 0 aliphatic carbocycles. The summed E-state index contributed by atoms with van der Waals surface area (Å²) in [5, 5.41) is 4.08. The van der Waals surface area contributed by atoms with Crippen molar-refractivity contribution in [2.45, 2.75) is 5.92 Å². The molecule has 1 atom stereocenters. The maximum atomic E-state index is 12.8. The summed E-state index contributed by atoms with van der Waals surface area (Å²) in [6.45, 7) is 0. The number of benzene rings is 3. The number of aromatic nitrogens is 1. The summed E-state index contributed by atoms with van der Waals surface area (Å²) < 4.78 is 0. The van der Waals surface area contributed by atoms with Crippen LogP contribution < -0.4 is 5.32 Å². The molecule has 0 saturated heterocycles. The van der Waals surface area contributed by atoms with Crippen molar-refractivity contribution in [3.8, 4) is 0 Å². The topological polar surface area (TPSA) is 57.2 Å². The standard InChI is InChI=1S/C23H17N3O/c27-23-21(18-8-4-5-9-20(18)26-23)22(15-6-2-1-3-7-15)25-17-10-11-19-16(14-17)12-13-24-19/h1-14,21,24H,(H,26,27). The predicted molar refractivity (Wildman–Crippen MR) is 109 cm³/mol. The molecule has 1 aromatic heterocycles. The largest absolute Gasteiger partial charge is 0.361 e. The molecule has 4 aromatic rings. The van der Waals surface area contributed by atoms with Crippen molar-refractivity contribution in [1.29, 1.82) is 0 Å². The summed E-state index contributed by atoms with van der Waals surface area (Å²) in [7, 11) is 0. The van der Waals surface area contributed by atoms with Crippen molar-refractivity contribution in [3.63, 3.8) is 0 Å². The van der Waals surface area contributed by atoms with Crippen LogP contribution in [0.15, 0.2) is 90.1 Å². The van der Waals surface area contributed by atoms with Crippen molar-refractivity contribution in [2.75, 3.05) is 5.32 Å². The Balaban J connectivity index is 1.69.